The van der Waals surface area contributed by atoms with Crippen molar-refractivity contribution in [2.75, 3.05) is 8.86 Å². The van der Waals surface area contributed by atoms with Crippen molar-refractivity contribution in [3.8, 4) is 0 Å². The van der Waals surface area contributed by atoms with Crippen LogP contribution in [0.5, 0.6) is 0 Å². The van der Waals surface area contributed by atoms with E-state index in [2.05, 4.69) is 0 Å². The van der Waals surface area contributed by atoms with E-state index in [-0.39, 0.29) is 0 Å². The van der Waals surface area contributed by atoms with Gasteiger partial charge in [-0.3, -0.25) is 0 Å². The van der Waals surface area contributed by atoms with Crippen LogP contribution in [0.1, 0.15) is 19.3 Å². The summed E-state index contributed by atoms with van der Waals surface area (Å²) in [5, 5.41) is 0. The Morgan fingerprint density at radius 1 is 1.00 bits per heavy atom. The number of hydrogen-bond donors (Lipinski definition) is 0. The Morgan fingerprint density at radius 2 is 1.57 bits per heavy atom. The van der Waals surface area contributed by atoms with Gasteiger partial charge in [-0.25, -0.2) is 0 Å². The van der Waals surface area contributed by atoms with Crippen LogP contribution < -0.4 is 0 Å². The molecule has 44 valence electrons. The summed E-state index contributed by atoms with van der Waals surface area (Å²) >= 11 is -1.60. The van der Waals surface area contributed by atoms with E-state index in [1.165, 1.54) is 19.3 Å². The summed E-state index contributed by atoms with van der Waals surface area (Å²) in [6, 6.07) is 0. The van der Waals surface area contributed by atoms with Crippen LogP contribution in [0, 0.1) is 0 Å². The molecule has 2 heteroatoms. The van der Waals surface area contributed by atoms with Gasteiger partial charge >= 0.3 is 51.0 Å². The molecule has 1 heterocycles. The van der Waals surface area contributed by atoms with Gasteiger partial charge in [0.15, 0.2) is 0 Å². The predicted octanol–water partition coefficient (Wildman–Crippen LogP) is 1.75. The Labute approximate surface area is 51.3 Å². The molecule has 0 spiro atoms. The normalized spacial score (nSPS) is 27.7. The summed E-state index contributed by atoms with van der Waals surface area (Å²) in [5.41, 5.74) is 0. The molecule has 0 aliphatic carbocycles. The van der Waals surface area contributed by atoms with Crippen LogP contribution in [0.3, 0.4) is 0 Å². The molecule has 0 saturated carbocycles. The van der Waals surface area contributed by atoms with E-state index in [1.807, 2.05) is 0 Å². The monoisotopic (exact) mass is 214 g/mol. The molecular weight excluding hydrogens is 203 g/mol. The van der Waals surface area contributed by atoms with Crippen LogP contribution in [0.25, 0.3) is 0 Å². The average molecular weight is 214 g/mol. The summed E-state index contributed by atoms with van der Waals surface area (Å²) in [6.07, 6.45) is 3.83. The van der Waals surface area contributed by atoms with Crippen LogP contribution in [0.4, 0.5) is 0 Å². The van der Waals surface area contributed by atoms with Crippen molar-refractivity contribution in [2.45, 2.75) is 19.3 Å². The van der Waals surface area contributed by atoms with Gasteiger partial charge in [-0.2, -0.15) is 0 Å². The van der Waals surface area contributed by atoms with Crippen molar-refractivity contribution in [1.29, 1.82) is 0 Å². The fourth-order valence-corrected chi connectivity index (χ4v) is 4.39. The second kappa shape index (κ2) is 2.74. The molecule has 1 aliphatic rings. The van der Waals surface area contributed by atoms with Crippen molar-refractivity contribution in [3.63, 3.8) is 0 Å². The van der Waals surface area contributed by atoms with Crippen molar-refractivity contribution < 1.29 is 3.07 Å². The van der Waals surface area contributed by atoms with Gasteiger partial charge in [0.1, 0.15) is 0 Å². The zero-order valence-corrected chi connectivity index (χ0v) is 6.68. The summed E-state index contributed by atoms with van der Waals surface area (Å²) in [7, 11) is 0. The standard InChI is InChI=1S/C5H11IO/c7-6-4-2-1-3-5-6/h6H,1-5H2. The van der Waals surface area contributed by atoms with Gasteiger partial charge in [0.2, 0.25) is 0 Å². The van der Waals surface area contributed by atoms with Crippen LogP contribution in [-0.2, 0) is 3.07 Å². The van der Waals surface area contributed by atoms with E-state index in [0.717, 1.165) is 8.86 Å². The molecule has 0 atom stereocenters. The molecule has 0 radical (unpaired) electrons. The van der Waals surface area contributed by atoms with E-state index in [9.17, 15) is 3.07 Å². The van der Waals surface area contributed by atoms with Gasteiger partial charge in [-0.15, -0.1) is 0 Å². The fourth-order valence-electron chi connectivity index (χ4n) is 0.805. The Morgan fingerprint density at radius 3 is 1.86 bits per heavy atom. The Kier molecular flexibility index (Phi) is 2.22. The molecule has 1 fully saturated rings. The quantitative estimate of drug-likeness (QED) is 0.443. The summed E-state index contributed by atoms with van der Waals surface area (Å²) in [4.78, 5) is 0. The third-order valence-electron chi connectivity index (χ3n) is 1.24. The first kappa shape index (κ1) is 5.66. The van der Waals surface area contributed by atoms with E-state index in [4.69, 9.17) is 0 Å². The van der Waals surface area contributed by atoms with Gasteiger partial charge in [0.25, 0.3) is 0 Å². The second-order valence-electron chi connectivity index (χ2n) is 1.91. The number of hydrogen-bond acceptors (Lipinski definition) is 1. The maximum absolute atomic E-state index is 10.7. The zero-order valence-electron chi connectivity index (χ0n) is 4.35. The third-order valence-corrected chi connectivity index (χ3v) is 5.49. The van der Waals surface area contributed by atoms with Gasteiger partial charge in [-0.05, 0) is 0 Å². The zero-order chi connectivity index (χ0) is 5.11. The predicted molar refractivity (Wildman–Crippen MR) is 39.7 cm³/mol. The molecule has 0 amide bonds. The van der Waals surface area contributed by atoms with Crippen LogP contribution in [-0.4, -0.2) is 8.86 Å². The minimum absolute atomic E-state index is 1.10. The molecule has 1 saturated heterocycles. The molecular formula is C5H11IO. The Bertz CT molecular complexity index is 72.1. The first-order valence-electron chi connectivity index (χ1n) is 2.74. The molecule has 7 heavy (non-hydrogen) atoms. The van der Waals surface area contributed by atoms with Crippen LogP contribution in [0.2, 0.25) is 0 Å². The van der Waals surface area contributed by atoms with E-state index in [0.29, 0.717) is 0 Å². The molecule has 0 N–H and O–H groups in total. The van der Waals surface area contributed by atoms with Crippen molar-refractivity contribution in [3.05, 3.63) is 0 Å². The molecule has 0 aromatic carbocycles. The fraction of sp³-hybridized carbons (Fsp3) is 1.00. The molecule has 0 bridgehead atoms. The van der Waals surface area contributed by atoms with E-state index in [1.54, 1.807) is 0 Å². The molecule has 1 aliphatic heterocycles. The molecule has 1 rings (SSSR count). The number of halogens is 1. The van der Waals surface area contributed by atoms with Gasteiger partial charge in [-0.1, -0.05) is 0 Å². The maximum atomic E-state index is 10.7. The SMILES string of the molecule is O=[IH]1CCCCC1. The van der Waals surface area contributed by atoms with E-state index < -0.39 is 19.8 Å². The summed E-state index contributed by atoms with van der Waals surface area (Å²) < 4.78 is 12.9. The topological polar surface area (TPSA) is 17.1 Å². The first-order chi connectivity index (χ1) is 3.39. The summed E-state index contributed by atoms with van der Waals surface area (Å²) in [5.74, 6) is 0. The average Bonchev–Trinajstić information content (AvgIpc) is 1.69. The molecule has 0 aromatic rings. The second-order valence-corrected chi connectivity index (χ2v) is 6.75. The Balaban J connectivity index is 2.25. The van der Waals surface area contributed by atoms with Crippen molar-refractivity contribution in [1.82, 2.24) is 0 Å². The minimum atomic E-state index is -1.60. The molecule has 0 aromatic heterocycles. The van der Waals surface area contributed by atoms with Crippen LogP contribution >= 0.6 is 19.8 Å². The molecule has 0 unspecified atom stereocenters. The van der Waals surface area contributed by atoms with Gasteiger partial charge < -0.3 is 0 Å². The third kappa shape index (κ3) is 1.84. The summed E-state index contributed by atoms with van der Waals surface area (Å²) in [6.45, 7) is 0. The van der Waals surface area contributed by atoms with Gasteiger partial charge in [0.05, 0.1) is 0 Å². The number of alkyl halides is 2. The van der Waals surface area contributed by atoms with E-state index >= 15 is 0 Å². The number of rotatable bonds is 0. The van der Waals surface area contributed by atoms with Gasteiger partial charge in [0, 0.05) is 0 Å². The van der Waals surface area contributed by atoms with Crippen molar-refractivity contribution >= 4 is 19.8 Å². The van der Waals surface area contributed by atoms with Crippen LogP contribution in [0.15, 0.2) is 0 Å². The molecule has 1 nitrogen and oxygen atoms in total. The van der Waals surface area contributed by atoms with Crippen molar-refractivity contribution in [2.24, 2.45) is 0 Å². The first-order valence-corrected chi connectivity index (χ1v) is 6.99. The Hall–Kier alpha value is 0.530.